The summed E-state index contributed by atoms with van der Waals surface area (Å²) in [5, 5.41) is 0. The molecule has 0 unspecified atom stereocenters. The summed E-state index contributed by atoms with van der Waals surface area (Å²) in [6.07, 6.45) is 6.97. The quantitative estimate of drug-likeness (QED) is 0.520. The van der Waals surface area contributed by atoms with Crippen LogP contribution in [-0.4, -0.2) is 17.5 Å². The van der Waals surface area contributed by atoms with E-state index in [-0.39, 0.29) is 5.41 Å². The smallest absolute Gasteiger partial charge is 0.0361 e. The molecule has 0 aromatic heterocycles. The second-order valence-electron chi connectivity index (χ2n) is 7.31. The van der Waals surface area contributed by atoms with Gasteiger partial charge in [-0.3, -0.25) is 0 Å². The summed E-state index contributed by atoms with van der Waals surface area (Å²) in [6, 6.07) is 0.489. The zero-order valence-electron chi connectivity index (χ0n) is 15.0. The Morgan fingerprint density at radius 3 is 2.05 bits per heavy atom. The molecule has 0 fully saturated rings. The van der Waals surface area contributed by atoms with Gasteiger partial charge in [0.15, 0.2) is 0 Å². The molecule has 1 heteroatoms. The zero-order chi connectivity index (χ0) is 15.9. The molecule has 0 aromatic rings. The van der Waals surface area contributed by atoms with Crippen LogP contribution >= 0.6 is 0 Å². The van der Waals surface area contributed by atoms with Crippen molar-refractivity contribution < 1.29 is 0 Å². The van der Waals surface area contributed by atoms with Crippen LogP contribution in [0.15, 0.2) is 35.6 Å². The van der Waals surface area contributed by atoms with Gasteiger partial charge in [-0.1, -0.05) is 50.6 Å². The van der Waals surface area contributed by atoms with Crippen molar-refractivity contribution in [2.45, 2.75) is 74.3 Å². The molecular weight excluding hydrogens is 242 g/mol. The van der Waals surface area contributed by atoms with Crippen LogP contribution < -0.4 is 0 Å². The Labute approximate surface area is 127 Å². The molecule has 0 radical (unpaired) electrons. The van der Waals surface area contributed by atoms with E-state index in [9.17, 15) is 0 Å². The van der Waals surface area contributed by atoms with Crippen molar-refractivity contribution in [2.24, 2.45) is 5.41 Å². The third-order valence-corrected chi connectivity index (χ3v) is 3.56. The fraction of sp³-hybridized carbons (Fsp3) is 0.684. The van der Waals surface area contributed by atoms with Crippen molar-refractivity contribution in [2.75, 3.05) is 6.54 Å². The Hall–Kier alpha value is -0.980. The van der Waals surface area contributed by atoms with E-state index in [0.717, 1.165) is 19.4 Å². The van der Waals surface area contributed by atoms with Crippen molar-refractivity contribution in [1.29, 1.82) is 0 Å². The molecule has 0 aromatic carbocycles. The summed E-state index contributed by atoms with van der Waals surface area (Å²) in [5.41, 5.74) is 4.23. The molecule has 0 saturated heterocycles. The van der Waals surface area contributed by atoms with E-state index in [0.29, 0.717) is 6.04 Å². The van der Waals surface area contributed by atoms with Gasteiger partial charge in [-0.05, 0) is 47.5 Å². The standard InChI is InChI=1S/C19H35N/c1-15(2)11-10-12-17(5)13-14-20(16(3)4)18(6)19(7,8)9/h11,13,16H,6,10,12,14H2,1-5,7-9H3/b17-13+. The Morgan fingerprint density at radius 2 is 1.65 bits per heavy atom. The highest BCUT2D eigenvalue weighted by molar-refractivity contribution is 5.10. The van der Waals surface area contributed by atoms with Crippen LogP contribution in [0.1, 0.15) is 68.2 Å². The minimum absolute atomic E-state index is 0.133. The van der Waals surface area contributed by atoms with Crippen molar-refractivity contribution in [3.8, 4) is 0 Å². The average Bonchev–Trinajstić information content (AvgIpc) is 2.26. The molecule has 0 saturated carbocycles. The maximum atomic E-state index is 4.30. The number of rotatable bonds is 7. The lowest BCUT2D eigenvalue weighted by Gasteiger charge is -2.37. The van der Waals surface area contributed by atoms with Crippen LogP contribution in [0, 0.1) is 5.41 Å². The molecule has 0 atom stereocenters. The average molecular weight is 277 g/mol. The predicted molar refractivity (Wildman–Crippen MR) is 92.9 cm³/mol. The van der Waals surface area contributed by atoms with Gasteiger partial charge in [0.05, 0.1) is 0 Å². The van der Waals surface area contributed by atoms with Crippen molar-refractivity contribution >= 4 is 0 Å². The molecule has 0 spiro atoms. The lowest BCUT2D eigenvalue weighted by molar-refractivity contribution is 0.245. The molecule has 0 bridgehead atoms. The maximum Gasteiger partial charge on any atom is 0.0361 e. The zero-order valence-corrected chi connectivity index (χ0v) is 15.0. The fourth-order valence-corrected chi connectivity index (χ4v) is 2.01. The van der Waals surface area contributed by atoms with Gasteiger partial charge in [0.1, 0.15) is 0 Å². The van der Waals surface area contributed by atoms with Crippen molar-refractivity contribution in [3.63, 3.8) is 0 Å². The van der Waals surface area contributed by atoms with Crippen molar-refractivity contribution in [1.82, 2.24) is 4.90 Å². The summed E-state index contributed by atoms with van der Waals surface area (Å²) in [5.74, 6) is 0. The largest absolute Gasteiger partial charge is 0.369 e. The molecule has 0 aliphatic heterocycles. The number of allylic oxidation sites excluding steroid dienone is 4. The Morgan fingerprint density at radius 1 is 1.10 bits per heavy atom. The molecular formula is C19H35N. The lowest BCUT2D eigenvalue weighted by Crippen LogP contribution is -2.35. The molecule has 1 nitrogen and oxygen atoms in total. The monoisotopic (exact) mass is 277 g/mol. The number of hydrogen-bond acceptors (Lipinski definition) is 1. The molecule has 0 N–H and O–H groups in total. The van der Waals surface area contributed by atoms with Crippen LogP contribution in [0.2, 0.25) is 0 Å². The van der Waals surface area contributed by atoms with Gasteiger partial charge in [0, 0.05) is 23.7 Å². The Bertz CT molecular complexity index is 360. The van der Waals surface area contributed by atoms with E-state index in [1.165, 1.54) is 16.8 Å². The van der Waals surface area contributed by atoms with E-state index in [2.05, 4.69) is 79.0 Å². The third-order valence-electron chi connectivity index (χ3n) is 3.56. The summed E-state index contributed by atoms with van der Waals surface area (Å²) in [4.78, 5) is 2.41. The Balaban J connectivity index is 4.62. The van der Waals surface area contributed by atoms with Crippen LogP contribution in [0.3, 0.4) is 0 Å². The first-order chi connectivity index (χ1) is 9.05. The van der Waals surface area contributed by atoms with E-state index >= 15 is 0 Å². The van der Waals surface area contributed by atoms with Crippen molar-refractivity contribution in [3.05, 3.63) is 35.6 Å². The van der Waals surface area contributed by atoms with Crippen LogP contribution in [-0.2, 0) is 0 Å². The molecule has 20 heavy (non-hydrogen) atoms. The molecule has 0 amide bonds. The van der Waals surface area contributed by atoms with Gasteiger partial charge in [0.2, 0.25) is 0 Å². The predicted octanol–water partition coefficient (Wildman–Crippen LogP) is 5.95. The summed E-state index contributed by atoms with van der Waals surface area (Å²) in [7, 11) is 0. The second-order valence-corrected chi connectivity index (χ2v) is 7.31. The Kier molecular flexibility index (Phi) is 7.93. The number of hydrogen-bond donors (Lipinski definition) is 0. The molecule has 0 aliphatic carbocycles. The fourth-order valence-electron chi connectivity index (χ4n) is 2.01. The van der Waals surface area contributed by atoms with Crippen LogP contribution in [0.5, 0.6) is 0 Å². The minimum atomic E-state index is 0.133. The first-order valence-electron chi connectivity index (χ1n) is 7.80. The van der Waals surface area contributed by atoms with Gasteiger partial charge in [-0.15, -0.1) is 0 Å². The van der Waals surface area contributed by atoms with Gasteiger partial charge in [-0.2, -0.15) is 0 Å². The van der Waals surface area contributed by atoms with E-state index in [1.54, 1.807) is 0 Å². The minimum Gasteiger partial charge on any atom is -0.369 e. The molecule has 0 aliphatic rings. The second kappa shape index (κ2) is 8.34. The highest BCUT2D eigenvalue weighted by atomic mass is 15.2. The summed E-state index contributed by atoms with van der Waals surface area (Å²) < 4.78 is 0. The normalized spacial score (nSPS) is 12.6. The van der Waals surface area contributed by atoms with Gasteiger partial charge in [0.25, 0.3) is 0 Å². The lowest BCUT2D eigenvalue weighted by atomic mass is 9.91. The van der Waals surface area contributed by atoms with Gasteiger partial charge in [-0.25, -0.2) is 0 Å². The molecule has 0 rings (SSSR count). The van der Waals surface area contributed by atoms with E-state index in [1.807, 2.05) is 0 Å². The van der Waals surface area contributed by atoms with E-state index < -0.39 is 0 Å². The first kappa shape index (κ1) is 19.0. The SMILES string of the molecule is C=C(N(C/C=C(\C)CCC=C(C)C)C(C)C)C(C)(C)C. The first-order valence-corrected chi connectivity index (χ1v) is 7.80. The van der Waals surface area contributed by atoms with Crippen LogP contribution in [0.4, 0.5) is 0 Å². The molecule has 116 valence electrons. The summed E-state index contributed by atoms with van der Waals surface area (Å²) in [6.45, 7) is 23.0. The van der Waals surface area contributed by atoms with Gasteiger partial charge < -0.3 is 4.90 Å². The maximum absolute atomic E-state index is 4.30. The highest BCUT2D eigenvalue weighted by Gasteiger charge is 2.21. The van der Waals surface area contributed by atoms with Crippen LogP contribution in [0.25, 0.3) is 0 Å². The van der Waals surface area contributed by atoms with E-state index in [4.69, 9.17) is 0 Å². The highest BCUT2D eigenvalue weighted by Crippen LogP contribution is 2.28. The summed E-state index contributed by atoms with van der Waals surface area (Å²) >= 11 is 0. The topological polar surface area (TPSA) is 3.24 Å². The number of nitrogens with zero attached hydrogens (tertiary/aromatic N) is 1. The third kappa shape index (κ3) is 7.57. The molecule has 0 heterocycles. The van der Waals surface area contributed by atoms with Gasteiger partial charge >= 0.3 is 0 Å².